The van der Waals surface area contributed by atoms with Gasteiger partial charge in [0.15, 0.2) is 0 Å². The Morgan fingerprint density at radius 3 is 2.50 bits per heavy atom. The predicted octanol–water partition coefficient (Wildman–Crippen LogP) is 2.44. The van der Waals surface area contributed by atoms with Crippen LogP contribution in [0.2, 0.25) is 0 Å². The van der Waals surface area contributed by atoms with E-state index in [1.54, 1.807) is 0 Å². The number of rotatable bonds is 2. The molecule has 4 N–H and O–H groups in total. The number of hydrogen-bond acceptors (Lipinski definition) is 2. The summed E-state index contributed by atoms with van der Waals surface area (Å²) in [6.07, 6.45) is 3.99. The van der Waals surface area contributed by atoms with Gasteiger partial charge < -0.3 is 11.5 Å². The first-order chi connectivity index (χ1) is 6.47. The third kappa shape index (κ3) is 1.69. The summed E-state index contributed by atoms with van der Waals surface area (Å²) < 4.78 is 1.08. The molecule has 3 heteroatoms. The second-order valence-corrected chi connectivity index (χ2v) is 4.75. The second kappa shape index (κ2) is 4.17. The topological polar surface area (TPSA) is 52.0 Å². The molecule has 2 nitrogen and oxygen atoms in total. The molecule has 2 atom stereocenters. The fourth-order valence-corrected chi connectivity index (χ4v) is 2.82. The Hall–Kier alpha value is -0.120. The number of allylic oxidation sites excluding steroid dienone is 2. The smallest absolute Gasteiger partial charge is 0.0667 e. The normalized spacial score (nSPS) is 33.3. The minimum absolute atomic E-state index is 0.0721. The van der Waals surface area contributed by atoms with Crippen molar-refractivity contribution >= 4 is 15.9 Å². The lowest BCUT2D eigenvalue weighted by Crippen LogP contribution is -2.57. The zero-order valence-electron chi connectivity index (χ0n) is 9.10. The molecule has 0 aliphatic heterocycles. The van der Waals surface area contributed by atoms with E-state index in [0.29, 0.717) is 0 Å². The molecular formula is C11H19BrN2. The van der Waals surface area contributed by atoms with Crippen molar-refractivity contribution in [3.8, 4) is 0 Å². The van der Waals surface area contributed by atoms with E-state index in [1.165, 1.54) is 11.1 Å². The van der Waals surface area contributed by atoms with E-state index in [1.807, 2.05) is 0 Å². The summed E-state index contributed by atoms with van der Waals surface area (Å²) in [5, 5.41) is 0. The molecule has 0 heterocycles. The van der Waals surface area contributed by atoms with Gasteiger partial charge in [0.2, 0.25) is 0 Å². The highest BCUT2D eigenvalue weighted by molar-refractivity contribution is 9.11. The minimum Gasteiger partial charge on any atom is -0.322 e. The van der Waals surface area contributed by atoms with Crippen LogP contribution in [-0.2, 0) is 0 Å². The first-order valence-electron chi connectivity index (χ1n) is 5.09. The van der Waals surface area contributed by atoms with Crippen LogP contribution in [0.25, 0.3) is 0 Å². The molecule has 0 spiro atoms. The van der Waals surface area contributed by atoms with Gasteiger partial charge in [-0.25, -0.2) is 0 Å². The standard InChI is InChI=1S/C11H19BrN2/c1-4-8-6-7(3)10(13)11(14,5-2)9(8)12/h6,10H,4-5,13-14H2,1-3H3. The van der Waals surface area contributed by atoms with Gasteiger partial charge in [-0.15, -0.1) is 0 Å². The van der Waals surface area contributed by atoms with Crippen molar-refractivity contribution in [2.24, 2.45) is 11.5 Å². The molecule has 0 saturated heterocycles. The third-order valence-corrected chi connectivity index (χ3v) is 4.35. The lowest BCUT2D eigenvalue weighted by molar-refractivity contribution is 0.430. The van der Waals surface area contributed by atoms with Crippen molar-refractivity contribution in [1.29, 1.82) is 0 Å². The molecule has 1 rings (SSSR count). The van der Waals surface area contributed by atoms with E-state index >= 15 is 0 Å². The first kappa shape index (κ1) is 12.0. The Bertz CT molecular complexity index is 294. The summed E-state index contributed by atoms with van der Waals surface area (Å²) in [4.78, 5) is 0. The molecule has 14 heavy (non-hydrogen) atoms. The van der Waals surface area contributed by atoms with Gasteiger partial charge in [0, 0.05) is 10.5 Å². The van der Waals surface area contributed by atoms with Gasteiger partial charge in [0.05, 0.1) is 5.54 Å². The summed E-state index contributed by atoms with van der Waals surface area (Å²) in [5.41, 5.74) is 14.5. The van der Waals surface area contributed by atoms with E-state index in [9.17, 15) is 0 Å². The summed E-state index contributed by atoms with van der Waals surface area (Å²) in [5.74, 6) is 0. The molecule has 80 valence electrons. The zero-order valence-corrected chi connectivity index (χ0v) is 10.7. The zero-order chi connectivity index (χ0) is 10.9. The van der Waals surface area contributed by atoms with Crippen molar-refractivity contribution in [1.82, 2.24) is 0 Å². The molecule has 0 radical (unpaired) electrons. The molecule has 0 bridgehead atoms. The predicted molar refractivity (Wildman–Crippen MR) is 65.2 cm³/mol. The van der Waals surface area contributed by atoms with E-state index in [4.69, 9.17) is 11.5 Å². The summed E-state index contributed by atoms with van der Waals surface area (Å²) in [7, 11) is 0. The maximum Gasteiger partial charge on any atom is 0.0667 e. The van der Waals surface area contributed by atoms with Gasteiger partial charge >= 0.3 is 0 Å². The lowest BCUT2D eigenvalue weighted by atomic mass is 9.78. The van der Waals surface area contributed by atoms with Crippen LogP contribution in [0.3, 0.4) is 0 Å². The molecule has 0 saturated carbocycles. The third-order valence-electron chi connectivity index (χ3n) is 3.10. The molecule has 0 aromatic heterocycles. The van der Waals surface area contributed by atoms with Crippen LogP contribution in [0.5, 0.6) is 0 Å². The van der Waals surface area contributed by atoms with Crippen molar-refractivity contribution in [3.63, 3.8) is 0 Å². The Morgan fingerprint density at radius 1 is 1.50 bits per heavy atom. The van der Waals surface area contributed by atoms with Crippen LogP contribution >= 0.6 is 15.9 Å². The van der Waals surface area contributed by atoms with Crippen LogP contribution in [0.15, 0.2) is 21.7 Å². The van der Waals surface area contributed by atoms with E-state index in [2.05, 4.69) is 42.8 Å². The number of hydrogen-bond donors (Lipinski definition) is 2. The average molecular weight is 259 g/mol. The van der Waals surface area contributed by atoms with Crippen molar-refractivity contribution in [3.05, 3.63) is 21.7 Å². The van der Waals surface area contributed by atoms with Crippen LogP contribution in [0.1, 0.15) is 33.6 Å². The van der Waals surface area contributed by atoms with E-state index in [0.717, 1.165) is 17.3 Å². The molecule has 2 unspecified atom stereocenters. The fourth-order valence-electron chi connectivity index (χ4n) is 1.90. The van der Waals surface area contributed by atoms with Crippen LogP contribution < -0.4 is 11.5 Å². The molecule has 0 fully saturated rings. The molecular weight excluding hydrogens is 240 g/mol. The second-order valence-electron chi connectivity index (χ2n) is 3.95. The van der Waals surface area contributed by atoms with Crippen molar-refractivity contribution in [2.75, 3.05) is 0 Å². The lowest BCUT2D eigenvalue weighted by Gasteiger charge is -2.39. The van der Waals surface area contributed by atoms with Crippen LogP contribution in [-0.4, -0.2) is 11.6 Å². The highest BCUT2D eigenvalue weighted by atomic mass is 79.9. The first-order valence-corrected chi connectivity index (χ1v) is 5.88. The number of nitrogens with two attached hydrogens (primary N) is 2. The van der Waals surface area contributed by atoms with Gasteiger partial charge in [-0.1, -0.05) is 41.4 Å². The fraction of sp³-hybridized carbons (Fsp3) is 0.636. The summed E-state index contributed by atoms with van der Waals surface area (Å²) >= 11 is 3.60. The van der Waals surface area contributed by atoms with Crippen LogP contribution in [0.4, 0.5) is 0 Å². The van der Waals surface area contributed by atoms with Crippen LogP contribution in [0, 0.1) is 0 Å². The molecule has 1 aliphatic rings. The SMILES string of the molecule is CCC1=C(Br)C(N)(CC)C(N)C(C)=C1. The van der Waals surface area contributed by atoms with Gasteiger partial charge in [0.25, 0.3) is 0 Å². The van der Waals surface area contributed by atoms with Crippen molar-refractivity contribution in [2.45, 2.75) is 45.2 Å². The van der Waals surface area contributed by atoms with Crippen molar-refractivity contribution < 1.29 is 0 Å². The quantitative estimate of drug-likeness (QED) is 0.800. The monoisotopic (exact) mass is 258 g/mol. The molecule has 0 amide bonds. The highest BCUT2D eigenvalue weighted by Gasteiger charge is 2.38. The van der Waals surface area contributed by atoms with Gasteiger partial charge in [-0.3, -0.25) is 0 Å². The maximum atomic E-state index is 6.33. The maximum absolute atomic E-state index is 6.33. The Balaban J connectivity index is 3.22. The van der Waals surface area contributed by atoms with Gasteiger partial charge in [-0.05, 0) is 25.3 Å². The Kier molecular flexibility index (Phi) is 3.56. The highest BCUT2D eigenvalue weighted by Crippen LogP contribution is 2.37. The Morgan fingerprint density at radius 2 is 2.07 bits per heavy atom. The average Bonchev–Trinajstić information content (AvgIpc) is 2.20. The Labute approximate surface area is 94.6 Å². The molecule has 1 aliphatic carbocycles. The van der Waals surface area contributed by atoms with E-state index in [-0.39, 0.29) is 6.04 Å². The summed E-state index contributed by atoms with van der Waals surface area (Å²) in [6, 6.07) is -0.0721. The number of halogens is 1. The van der Waals surface area contributed by atoms with Gasteiger partial charge in [-0.2, -0.15) is 0 Å². The molecule has 0 aromatic rings. The molecule has 0 aromatic carbocycles. The van der Waals surface area contributed by atoms with Gasteiger partial charge in [0.1, 0.15) is 0 Å². The minimum atomic E-state index is -0.413. The summed E-state index contributed by atoms with van der Waals surface area (Å²) in [6.45, 7) is 6.26. The largest absolute Gasteiger partial charge is 0.322 e. The van der Waals surface area contributed by atoms with E-state index < -0.39 is 5.54 Å².